The summed E-state index contributed by atoms with van der Waals surface area (Å²) in [6, 6.07) is 3.93. The van der Waals surface area contributed by atoms with E-state index < -0.39 is 5.82 Å². The minimum absolute atomic E-state index is 0.0120. The molecule has 1 spiro atoms. The maximum absolute atomic E-state index is 13.5. The molecule has 2 N–H and O–H groups in total. The van der Waals surface area contributed by atoms with Gasteiger partial charge < -0.3 is 15.4 Å². The normalized spacial score (nSPS) is 19.6. The predicted molar refractivity (Wildman–Crippen MR) is 109 cm³/mol. The summed E-state index contributed by atoms with van der Waals surface area (Å²) in [7, 11) is 0. The summed E-state index contributed by atoms with van der Waals surface area (Å²) in [4.78, 5) is 29.0. The molecule has 0 aliphatic carbocycles. The molecule has 9 heteroatoms. The van der Waals surface area contributed by atoms with E-state index in [0.29, 0.717) is 45.1 Å². The molecular formula is C20H28ClFN4O3. The molecular weight excluding hydrogens is 399 g/mol. The number of piperazine rings is 1. The third-order valence-corrected chi connectivity index (χ3v) is 5.20. The minimum atomic E-state index is -0.501. The van der Waals surface area contributed by atoms with Crippen LogP contribution in [0.25, 0.3) is 0 Å². The second-order valence-electron chi connectivity index (χ2n) is 8.85. The molecule has 2 aliphatic heterocycles. The number of nitrogens with zero attached hydrogens (tertiary/aromatic N) is 2. The van der Waals surface area contributed by atoms with Gasteiger partial charge in [-0.25, -0.2) is 4.39 Å². The highest BCUT2D eigenvalue weighted by Crippen LogP contribution is 2.29. The van der Waals surface area contributed by atoms with Gasteiger partial charge in [0.2, 0.25) is 11.8 Å². The number of ether oxygens (including phenoxy) is 1. The lowest BCUT2D eigenvalue weighted by Crippen LogP contribution is -2.72. The van der Waals surface area contributed by atoms with Crippen LogP contribution < -0.4 is 10.6 Å². The number of rotatable bonds is 5. The lowest BCUT2D eigenvalue weighted by Gasteiger charge is -2.54. The molecule has 2 fully saturated rings. The highest BCUT2D eigenvalue weighted by molar-refractivity contribution is 6.30. The summed E-state index contributed by atoms with van der Waals surface area (Å²) >= 11 is 5.84. The molecule has 1 aromatic carbocycles. The number of nitrogens with one attached hydrogen (secondary N) is 2. The molecule has 2 saturated heterocycles. The molecule has 29 heavy (non-hydrogen) atoms. The Balaban J connectivity index is 1.57. The number of anilines is 1. The molecule has 3 rings (SSSR count). The van der Waals surface area contributed by atoms with Gasteiger partial charge in [0.05, 0.1) is 31.8 Å². The number of hydrogen-bond acceptors (Lipinski definition) is 5. The van der Waals surface area contributed by atoms with Crippen molar-refractivity contribution in [2.45, 2.75) is 31.8 Å². The summed E-state index contributed by atoms with van der Waals surface area (Å²) in [6.45, 7) is 9.36. The maximum atomic E-state index is 13.5. The van der Waals surface area contributed by atoms with Crippen molar-refractivity contribution in [3.8, 4) is 0 Å². The highest BCUT2D eigenvalue weighted by atomic mass is 35.5. The lowest BCUT2D eigenvalue weighted by molar-refractivity contribution is -0.172. The summed E-state index contributed by atoms with van der Waals surface area (Å²) in [5.41, 5.74) is -0.220. The van der Waals surface area contributed by atoms with Gasteiger partial charge in [-0.15, -0.1) is 0 Å². The Kier molecular flexibility index (Phi) is 6.48. The molecule has 2 heterocycles. The lowest BCUT2D eigenvalue weighted by atomic mass is 9.91. The number of carbonyl (C=O) groups is 2. The standard InChI is InChI=1S/C20H28ClFN4O3/c1-19(2,3)24-18(28)9-25-4-5-26(20(11-25)12-29-13-20)10-17(27)23-16-7-14(21)6-15(22)8-16/h6-8H,4-5,9-13H2,1-3H3,(H,23,27)(H,24,28). The largest absolute Gasteiger partial charge is 0.377 e. The van der Waals surface area contributed by atoms with E-state index in [1.165, 1.54) is 18.2 Å². The van der Waals surface area contributed by atoms with Crippen molar-refractivity contribution in [3.05, 3.63) is 29.0 Å². The van der Waals surface area contributed by atoms with E-state index in [9.17, 15) is 14.0 Å². The first kappa shape index (κ1) is 22.0. The Morgan fingerprint density at radius 2 is 1.90 bits per heavy atom. The van der Waals surface area contributed by atoms with Gasteiger partial charge in [-0.05, 0) is 39.0 Å². The van der Waals surface area contributed by atoms with Crippen molar-refractivity contribution in [1.29, 1.82) is 0 Å². The Bertz CT molecular complexity index is 759. The van der Waals surface area contributed by atoms with Crippen LogP contribution in [0.15, 0.2) is 18.2 Å². The van der Waals surface area contributed by atoms with E-state index in [-0.39, 0.29) is 34.5 Å². The van der Waals surface area contributed by atoms with Crippen LogP contribution in [0.1, 0.15) is 20.8 Å². The molecule has 0 radical (unpaired) electrons. The van der Waals surface area contributed by atoms with Gasteiger partial charge in [-0.3, -0.25) is 19.4 Å². The molecule has 2 aliphatic rings. The number of hydrogen-bond donors (Lipinski definition) is 2. The van der Waals surface area contributed by atoms with Gasteiger partial charge in [0.15, 0.2) is 0 Å². The zero-order valence-corrected chi connectivity index (χ0v) is 17.8. The van der Waals surface area contributed by atoms with Gasteiger partial charge >= 0.3 is 0 Å². The van der Waals surface area contributed by atoms with E-state index in [4.69, 9.17) is 16.3 Å². The van der Waals surface area contributed by atoms with Crippen LogP contribution in [0.5, 0.6) is 0 Å². The van der Waals surface area contributed by atoms with E-state index >= 15 is 0 Å². The Hall–Kier alpha value is -1.74. The van der Waals surface area contributed by atoms with Crippen LogP contribution in [0.4, 0.5) is 10.1 Å². The van der Waals surface area contributed by atoms with Gasteiger partial charge in [0.1, 0.15) is 5.82 Å². The molecule has 0 aromatic heterocycles. The monoisotopic (exact) mass is 426 g/mol. The summed E-state index contributed by atoms with van der Waals surface area (Å²) in [5.74, 6) is -0.752. The number of halogens is 2. The number of carbonyl (C=O) groups excluding carboxylic acids is 2. The van der Waals surface area contributed by atoms with Crippen LogP contribution in [0.2, 0.25) is 5.02 Å². The minimum Gasteiger partial charge on any atom is -0.377 e. The van der Waals surface area contributed by atoms with Gasteiger partial charge in [0, 0.05) is 35.9 Å². The van der Waals surface area contributed by atoms with Gasteiger partial charge in [-0.1, -0.05) is 11.6 Å². The molecule has 160 valence electrons. The molecule has 0 saturated carbocycles. The fraction of sp³-hybridized carbons (Fsp3) is 0.600. The van der Waals surface area contributed by atoms with E-state index in [0.717, 1.165) is 0 Å². The first-order chi connectivity index (χ1) is 13.5. The van der Waals surface area contributed by atoms with Crippen molar-refractivity contribution < 1.29 is 18.7 Å². The fourth-order valence-electron chi connectivity index (χ4n) is 3.75. The Labute approximate surface area is 175 Å². The smallest absolute Gasteiger partial charge is 0.238 e. The number of benzene rings is 1. The Morgan fingerprint density at radius 1 is 1.17 bits per heavy atom. The molecule has 0 unspecified atom stereocenters. The predicted octanol–water partition coefficient (Wildman–Crippen LogP) is 1.72. The third-order valence-electron chi connectivity index (χ3n) is 4.98. The summed E-state index contributed by atoms with van der Waals surface area (Å²) in [6.07, 6.45) is 0. The van der Waals surface area contributed by atoms with Crippen LogP contribution in [-0.4, -0.2) is 78.6 Å². The third kappa shape index (κ3) is 5.88. The second kappa shape index (κ2) is 8.55. The zero-order chi connectivity index (χ0) is 21.2. The van der Waals surface area contributed by atoms with Crippen LogP contribution in [0, 0.1) is 5.82 Å². The molecule has 7 nitrogen and oxygen atoms in total. The van der Waals surface area contributed by atoms with Crippen molar-refractivity contribution in [3.63, 3.8) is 0 Å². The molecule has 2 amide bonds. The average Bonchev–Trinajstić information content (AvgIpc) is 2.51. The molecule has 0 atom stereocenters. The van der Waals surface area contributed by atoms with Crippen LogP contribution in [-0.2, 0) is 14.3 Å². The van der Waals surface area contributed by atoms with E-state index in [1.807, 2.05) is 20.8 Å². The highest BCUT2D eigenvalue weighted by Gasteiger charge is 2.48. The average molecular weight is 427 g/mol. The molecule has 1 aromatic rings. The molecule has 0 bridgehead atoms. The summed E-state index contributed by atoms with van der Waals surface area (Å²) < 4.78 is 18.9. The first-order valence-electron chi connectivity index (χ1n) is 9.67. The van der Waals surface area contributed by atoms with Gasteiger partial charge in [-0.2, -0.15) is 0 Å². The first-order valence-corrected chi connectivity index (χ1v) is 10.0. The van der Waals surface area contributed by atoms with Crippen LogP contribution in [0.3, 0.4) is 0 Å². The van der Waals surface area contributed by atoms with Gasteiger partial charge in [0.25, 0.3) is 0 Å². The van der Waals surface area contributed by atoms with Crippen molar-refractivity contribution in [2.24, 2.45) is 0 Å². The summed E-state index contributed by atoms with van der Waals surface area (Å²) in [5, 5.41) is 5.91. The second-order valence-corrected chi connectivity index (χ2v) is 9.29. The zero-order valence-electron chi connectivity index (χ0n) is 17.1. The van der Waals surface area contributed by atoms with E-state index in [2.05, 4.69) is 20.4 Å². The fourth-order valence-corrected chi connectivity index (χ4v) is 3.97. The van der Waals surface area contributed by atoms with Crippen molar-refractivity contribution in [2.75, 3.05) is 51.3 Å². The maximum Gasteiger partial charge on any atom is 0.238 e. The van der Waals surface area contributed by atoms with E-state index in [1.54, 1.807) is 0 Å². The quantitative estimate of drug-likeness (QED) is 0.750. The van der Waals surface area contributed by atoms with Crippen LogP contribution >= 0.6 is 11.6 Å². The SMILES string of the molecule is CC(C)(C)NC(=O)CN1CCN(CC(=O)Nc2cc(F)cc(Cl)c2)C2(COC2)C1. The topological polar surface area (TPSA) is 73.9 Å². The van der Waals surface area contributed by atoms with Crippen molar-refractivity contribution in [1.82, 2.24) is 15.1 Å². The number of amides is 2. The van der Waals surface area contributed by atoms with Crippen molar-refractivity contribution >= 4 is 29.1 Å². The Morgan fingerprint density at radius 3 is 2.48 bits per heavy atom.